The largest absolute Gasteiger partial charge is 0.395 e. The highest BCUT2D eigenvalue weighted by molar-refractivity contribution is 7.16. The fourth-order valence-electron chi connectivity index (χ4n) is 1.22. The molecule has 0 atom stereocenters. The number of aliphatic hydroxyl groups excluding tert-OH is 1. The maximum Gasteiger partial charge on any atom is 0.0931 e. The lowest BCUT2D eigenvalue weighted by molar-refractivity contribution is 0.204. The molecule has 0 amide bonds. The Balaban J connectivity index is 2.49. The summed E-state index contributed by atoms with van der Waals surface area (Å²) < 4.78 is 0.808. The van der Waals surface area contributed by atoms with E-state index >= 15 is 0 Å². The molecule has 0 aliphatic heterocycles. The first-order valence-electron chi connectivity index (χ1n) is 4.44. The molecule has 0 saturated carbocycles. The zero-order valence-electron chi connectivity index (χ0n) is 7.95. The zero-order chi connectivity index (χ0) is 10.4. The topological polar surface area (TPSA) is 23.5 Å². The number of thiophene rings is 1. The Kier molecular flexibility index (Phi) is 5.19. The summed E-state index contributed by atoms with van der Waals surface area (Å²) in [4.78, 5) is 3.33. The molecule has 0 radical (unpaired) electrons. The van der Waals surface area contributed by atoms with Crippen molar-refractivity contribution in [2.75, 3.05) is 19.7 Å². The van der Waals surface area contributed by atoms with Gasteiger partial charge in [-0.3, -0.25) is 4.90 Å². The molecule has 0 unspecified atom stereocenters. The van der Waals surface area contributed by atoms with E-state index in [1.807, 2.05) is 18.2 Å². The molecule has 0 aromatic carbocycles. The van der Waals surface area contributed by atoms with Crippen molar-refractivity contribution >= 4 is 22.9 Å². The van der Waals surface area contributed by atoms with Gasteiger partial charge in [-0.15, -0.1) is 17.9 Å². The van der Waals surface area contributed by atoms with Crippen molar-refractivity contribution in [3.05, 3.63) is 34.0 Å². The highest BCUT2D eigenvalue weighted by Gasteiger charge is 2.05. The van der Waals surface area contributed by atoms with E-state index in [9.17, 15) is 0 Å². The third kappa shape index (κ3) is 3.80. The summed E-state index contributed by atoms with van der Waals surface area (Å²) in [6.07, 6.45) is 1.84. The molecule has 1 rings (SSSR count). The Labute approximate surface area is 93.4 Å². The van der Waals surface area contributed by atoms with Gasteiger partial charge in [0, 0.05) is 24.5 Å². The zero-order valence-corrected chi connectivity index (χ0v) is 9.52. The van der Waals surface area contributed by atoms with Crippen molar-refractivity contribution in [1.82, 2.24) is 4.90 Å². The van der Waals surface area contributed by atoms with Crippen LogP contribution in [0.3, 0.4) is 0 Å². The molecular weight excluding hydrogens is 218 g/mol. The van der Waals surface area contributed by atoms with Crippen LogP contribution in [-0.2, 0) is 6.54 Å². The number of hydrogen-bond donors (Lipinski definition) is 1. The Morgan fingerprint density at radius 3 is 2.86 bits per heavy atom. The minimum Gasteiger partial charge on any atom is -0.395 e. The summed E-state index contributed by atoms with van der Waals surface area (Å²) in [6.45, 7) is 6.14. The van der Waals surface area contributed by atoms with Gasteiger partial charge in [0.15, 0.2) is 0 Å². The van der Waals surface area contributed by atoms with Gasteiger partial charge < -0.3 is 5.11 Å². The Hall–Kier alpha value is -0.350. The van der Waals surface area contributed by atoms with Crippen LogP contribution in [0.15, 0.2) is 24.8 Å². The number of aliphatic hydroxyl groups is 1. The van der Waals surface area contributed by atoms with Gasteiger partial charge in [0.05, 0.1) is 10.9 Å². The summed E-state index contributed by atoms with van der Waals surface area (Å²) in [5.41, 5.74) is 0. The maximum atomic E-state index is 8.85. The van der Waals surface area contributed by atoms with E-state index in [0.717, 1.165) is 17.4 Å². The fraction of sp³-hybridized carbons (Fsp3) is 0.400. The van der Waals surface area contributed by atoms with Crippen molar-refractivity contribution in [2.45, 2.75) is 6.54 Å². The summed E-state index contributed by atoms with van der Waals surface area (Å²) in [6, 6.07) is 3.91. The van der Waals surface area contributed by atoms with Gasteiger partial charge in [0.25, 0.3) is 0 Å². The van der Waals surface area contributed by atoms with Gasteiger partial charge in [-0.1, -0.05) is 17.7 Å². The van der Waals surface area contributed by atoms with Crippen LogP contribution in [0, 0.1) is 0 Å². The van der Waals surface area contributed by atoms with Gasteiger partial charge in [-0.05, 0) is 12.1 Å². The lowest BCUT2D eigenvalue weighted by Gasteiger charge is -2.17. The van der Waals surface area contributed by atoms with Crippen LogP contribution in [0.4, 0.5) is 0 Å². The van der Waals surface area contributed by atoms with Crippen molar-refractivity contribution in [2.24, 2.45) is 0 Å². The second-order valence-corrected chi connectivity index (χ2v) is 4.75. The molecule has 14 heavy (non-hydrogen) atoms. The standard InChI is InChI=1S/C10H14ClNOS/c1-2-5-12(6-7-13)8-9-3-4-10(11)14-9/h2-4,13H,1,5-8H2. The predicted octanol–water partition coefficient (Wildman–Crippen LogP) is 2.38. The quantitative estimate of drug-likeness (QED) is 0.760. The third-order valence-electron chi connectivity index (χ3n) is 1.81. The van der Waals surface area contributed by atoms with Crippen molar-refractivity contribution in [3.8, 4) is 0 Å². The molecule has 0 saturated heterocycles. The van der Waals surface area contributed by atoms with Crippen LogP contribution in [0.25, 0.3) is 0 Å². The normalized spacial score (nSPS) is 10.8. The monoisotopic (exact) mass is 231 g/mol. The molecule has 1 heterocycles. The first-order valence-corrected chi connectivity index (χ1v) is 5.64. The van der Waals surface area contributed by atoms with Crippen LogP contribution in [0.1, 0.15) is 4.88 Å². The van der Waals surface area contributed by atoms with E-state index in [0.29, 0.717) is 6.54 Å². The molecule has 2 nitrogen and oxygen atoms in total. The van der Waals surface area contributed by atoms with Gasteiger partial charge >= 0.3 is 0 Å². The molecule has 1 aromatic heterocycles. The average molecular weight is 232 g/mol. The fourth-order valence-corrected chi connectivity index (χ4v) is 2.35. The van der Waals surface area contributed by atoms with Gasteiger partial charge in [0.2, 0.25) is 0 Å². The maximum absolute atomic E-state index is 8.85. The van der Waals surface area contributed by atoms with E-state index in [4.69, 9.17) is 16.7 Å². The number of halogens is 1. The van der Waals surface area contributed by atoms with Crippen molar-refractivity contribution in [3.63, 3.8) is 0 Å². The molecule has 1 aromatic rings. The van der Waals surface area contributed by atoms with E-state index in [2.05, 4.69) is 11.5 Å². The highest BCUT2D eigenvalue weighted by Crippen LogP contribution is 2.22. The minimum atomic E-state index is 0.174. The molecule has 0 bridgehead atoms. The number of nitrogens with zero attached hydrogens (tertiary/aromatic N) is 1. The SMILES string of the molecule is C=CCN(CCO)Cc1ccc(Cl)s1. The van der Waals surface area contributed by atoms with Crippen molar-refractivity contribution < 1.29 is 5.11 Å². The Morgan fingerprint density at radius 2 is 2.36 bits per heavy atom. The predicted molar refractivity (Wildman–Crippen MR) is 61.9 cm³/mol. The summed E-state index contributed by atoms with van der Waals surface area (Å²) in [5.74, 6) is 0. The van der Waals surface area contributed by atoms with Crippen LogP contribution < -0.4 is 0 Å². The lowest BCUT2D eigenvalue weighted by Crippen LogP contribution is -2.26. The molecule has 4 heteroatoms. The third-order valence-corrected chi connectivity index (χ3v) is 3.03. The molecule has 0 fully saturated rings. The molecule has 0 spiro atoms. The summed E-state index contributed by atoms with van der Waals surface area (Å²) >= 11 is 7.40. The average Bonchev–Trinajstić information content (AvgIpc) is 2.52. The first kappa shape index (κ1) is 11.7. The van der Waals surface area contributed by atoms with Gasteiger partial charge in [0.1, 0.15) is 0 Å². The first-order chi connectivity index (χ1) is 6.76. The molecule has 1 N–H and O–H groups in total. The van der Waals surface area contributed by atoms with E-state index in [1.165, 1.54) is 4.88 Å². The Bertz CT molecular complexity index is 287. The second-order valence-electron chi connectivity index (χ2n) is 2.95. The van der Waals surface area contributed by atoms with Gasteiger partial charge in [-0.2, -0.15) is 0 Å². The van der Waals surface area contributed by atoms with E-state index in [1.54, 1.807) is 11.3 Å². The van der Waals surface area contributed by atoms with Crippen LogP contribution in [-0.4, -0.2) is 29.7 Å². The van der Waals surface area contributed by atoms with E-state index < -0.39 is 0 Å². The van der Waals surface area contributed by atoms with Gasteiger partial charge in [-0.25, -0.2) is 0 Å². The molecule has 0 aliphatic rings. The van der Waals surface area contributed by atoms with E-state index in [-0.39, 0.29) is 6.61 Å². The highest BCUT2D eigenvalue weighted by atomic mass is 35.5. The van der Waals surface area contributed by atoms with Crippen LogP contribution >= 0.6 is 22.9 Å². The van der Waals surface area contributed by atoms with Crippen molar-refractivity contribution in [1.29, 1.82) is 0 Å². The second kappa shape index (κ2) is 6.19. The molecular formula is C10H14ClNOS. The molecule has 78 valence electrons. The Morgan fingerprint density at radius 1 is 1.57 bits per heavy atom. The summed E-state index contributed by atoms with van der Waals surface area (Å²) in [5, 5.41) is 8.85. The number of hydrogen-bond acceptors (Lipinski definition) is 3. The minimum absolute atomic E-state index is 0.174. The molecule has 0 aliphatic carbocycles. The van der Waals surface area contributed by atoms with Crippen LogP contribution in [0.2, 0.25) is 4.34 Å². The summed E-state index contributed by atoms with van der Waals surface area (Å²) in [7, 11) is 0. The van der Waals surface area contributed by atoms with Crippen LogP contribution in [0.5, 0.6) is 0 Å². The lowest BCUT2D eigenvalue weighted by atomic mass is 10.4. The smallest absolute Gasteiger partial charge is 0.0931 e. The number of rotatable bonds is 6.